The summed E-state index contributed by atoms with van der Waals surface area (Å²) in [6.45, 7) is 5.85. The Morgan fingerprint density at radius 3 is 2.36 bits per heavy atom. The van der Waals surface area contributed by atoms with Gasteiger partial charge in [-0.05, 0) is 48.9 Å². The maximum atomic E-state index is 13.1. The van der Waals surface area contributed by atoms with Crippen molar-refractivity contribution in [1.29, 1.82) is 0 Å². The molecular weight excluding hydrogens is 452 g/mol. The van der Waals surface area contributed by atoms with E-state index in [1.54, 1.807) is 18.2 Å². The SMILES string of the molecule is C=CC(=O)Nc1cccc(Nc2nc(Nc3ccccc3)ncc2C(=O)NCc2ccc(C)cc2)c1. The maximum Gasteiger partial charge on any atom is 0.256 e. The zero-order valence-electron chi connectivity index (χ0n) is 19.8. The molecule has 1 aromatic heterocycles. The van der Waals surface area contributed by atoms with Crippen LogP contribution >= 0.6 is 0 Å². The molecule has 0 spiro atoms. The lowest BCUT2D eigenvalue weighted by Crippen LogP contribution is -2.24. The minimum absolute atomic E-state index is 0.279. The lowest BCUT2D eigenvalue weighted by molar-refractivity contribution is -0.111. The Hall–Kier alpha value is -4.98. The fourth-order valence-corrected chi connectivity index (χ4v) is 3.34. The average Bonchev–Trinajstić information content (AvgIpc) is 2.89. The molecule has 0 saturated heterocycles. The highest BCUT2D eigenvalue weighted by atomic mass is 16.2. The highest BCUT2D eigenvalue weighted by molar-refractivity contribution is 6.00. The second kappa shape index (κ2) is 11.4. The summed E-state index contributed by atoms with van der Waals surface area (Å²) in [7, 11) is 0. The number of nitrogens with one attached hydrogen (secondary N) is 4. The zero-order chi connectivity index (χ0) is 25.3. The van der Waals surface area contributed by atoms with Gasteiger partial charge < -0.3 is 21.3 Å². The van der Waals surface area contributed by atoms with Crippen LogP contribution in [0.25, 0.3) is 0 Å². The molecule has 0 unspecified atom stereocenters. The van der Waals surface area contributed by atoms with Crippen LogP contribution in [-0.4, -0.2) is 21.8 Å². The van der Waals surface area contributed by atoms with Gasteiger partial charge >= 0.3 is 0 Å². The van der Waals surface area contributed by atoms with E-state index in [0.717, 1.165) is 16.8 Å². The largest absolute Gasteiger partial charge is 0.348 e. The monoisotopic (exact) mass is 478 g/mol. The third-order valence-corrected chi connectivity index (χ3v) is 5.22. The van der Waals surface area contributed by atoms with Crippen molar-refractivity contribution in [2.75, 3.05) is 16.0 Å². The van der Waals surface area contributed by atoms with Gasteiger partial charge in [0, 0.05) is 29.8 Å². The molecule has 8 nitrogen and oxygen atoms in total. The number of rotatable bonds is 9. The van der Waals surface area contributed by atoms with Gasteiger partial charge in [-0.2, -0.15) is 4.98 Å². The van der Waals surface area contributed by atoms with Crippen LogP contribution in [0.3, 0.4) is 0 Å². The van der Waals surface area contributed by atoms with Gasteiger partial charge in [0.05, 0.1) is 0 Å². The third kappa shape index (κ3) is 6.54. The molecule has 4 aromatic rings. The van der Waals surface area contributed by atoms with Crippen molar-refractivity contribution < 1.29 is 9.59 Å². The Kier molecular flexibility index (Phi) is 7.67. The number of nitrogens with zero attached hydrogens (tertiary/aromatic N) is 2. The Balaban J connectivity index is 1.59. The molecule has 36 heavy (non-hydrogen) atoms. The summed E-state index contributed by atoms with van der Waals surface area (Å²) in [6.07, 6.45) is 2.68. The van der Waals surface area contributed by atoms with E-state index in [2.05, 4.69) is 37.8 Å². The van der Waals surface area contributed by atoms with Crippen LogP contribution in [-0.2, 0) is 11.3 Å². The predicted molar refractivity (Wildman–Crippen MR) is 143 cm³/mol. The van der Waals surface area contributed by atoms with Crippen molar-refractivity contribution in [3.63, 3.8) is 0 Å². The molecule has 2 amide bonds. The van der Waals surface area contributed by atoms with Crippen molar-refractivity contribution in [2.45, 2.75) is 13.5 Å². The molecule has 180 valence electrons. The Labute approximate surface area is 209 Å². The number of carbonyl (C=O) groups is 2. The highest BCUT2D eigenvalue weighted by Gasteiger charge is 2.16. The number of carbonyl (C=O) groups excluding carboxylic acids is 2. The van der Waals surface area contributed by atoms with Crippen LogP contribution in [0.1, 0.15) is 21.5 Å². The number of benzene rings is 3. The van der Waals surface area contributed by atoms with Crippen LogP contribution in [0.5, 0.6) is 0 Å². The topological polar surface area (TPSA) is 108 Å². The molecule has 1 heterocycles. The summed E-state index contributed by atoms with van der Waals surface area (Å²) in [5.41, 5.74) is 4.44. The number of anilines is 5. The summed E-state index contributed by atoms with van der Waals surface area (Å²) >= 11 is 0. The minimum Gasteiger partial charge on any atom is -0.348 e. The molecule has 0 aliphatic carbocycles. The average molecular weight is 479 g/mol. The summed E-state index contributed by atoms with van der Waals surface area (Å²) in [5, 5.41) is 12.0. The first-order valence-corrected chi connectivity index (χ1v) is 11.3. The number of para-hydroxylation sites is 1. The van der Waals surface area contributed by atoms with Gasteiger partial charge in [0.1, 0.15) is 11.4 Å². The lowest BCUT2D eigenvalue weighted by Gasteiger charge is -2.14. The van der Waals surface area contributed by atoms with Crippen LogP contribution in [0, 0.1) is 6.92 Å². The quantitative estimate of drug-likeness (QED) is 0.242. The molecule has 4 N–H and O–H groups in total. The predicted octanol–water partition coefficient (Wildman–Crippen LogP) is 5.33. The fourth-order valence-electron chi connectivity index (χ4n) is 3.34. The molecule has 0 bridgehead atoms. The number of amides is 2. The summed E-state index contributed by atoms with van der Waals surface area (Å²) < 4.78 is 0. The molecule has 3 aromatic carbocycles. The van der Waals surface area contributed by atoms with Gasteiger partial charge in [-0.15, -0.1) is 0 Å². The first-order valence-electron chi connectivity index (χ1n) is 11.3. The molecule has 0 atom stereocenters. The van der Waals surface area contributed by atoms with E-state index in [1.807, 2.05) is 67.6 Å². The molecule has 0 saturated carbocycles. The van der Waals surface area contributed by atoms with Gasteiger partial charge in [-0.3, -0.25) is 9.59 Å². The van der Waals surface area contributed by atoms with Gasteiger partial charge in [-0.25, -0.2) is 4.98 Å². The molecule has 8 heteroatoms. The fraction of sp³-hybridized carbons (Fsp3) is 0.0714. The normalized spacial score (nSPS) is 10.2. The van der Waals surface area contributed by atoms with Crippen LogP contribution in [0.15, 0.2) is 97.7 Å². The summed E-state index contributed by atoms with van der Waals surface area (Å²) in [6, 6.07) is 24.5. The molecule has 4 rings (SSSR count). The van der Waals surface area contributed by atoms with Gasteiger partial charge in [-0.1, -0.05) is 60.7 Å². The minimum atomic E-state index is -0.320. The molecular formula is C28H26N6O2. The first kappa shape index (κ1) is 24.2. The van der Waals surface area contributed by atoms with Crippen LogP contribution in [0.2, 0.25) is 0 Å². The highest BCUT2D eigenvalue weighted by Crippen LogP contribution is 2.24. The zero-order valence-corrected chi connectivity index (χ0v) is 19.8. The summed E-state index contributed by atoms with van der Waals surface area (Å²) in [4.78, 5) is 33.7. The van der Waals surface area contributed by atoms with E-state index >= 15 is 0 Å². The third-order valence-electron chi connectivity index (χ3n) is 5.22. The summed E-state index contributed by atoms with van der Waals surface area (Å²) in [5.74, 6) is 0.00657. The number of hydrogen-bond donors (Lipinski definition) is 4. The van der Waals surface area contributed by atoms with E-state index in [9.17, 15) is 9.59 Å². The molecule has 0 aliphatic heterocycles. The molecule has 0 radical (unpaired) electrons. The lowest BCUT2D eigenvalue weighted by atomic mass is 10.1. The van der Waals surface area contributed by atoms with Crippen LogP contribution in [0.4, 0.5) is 28.8 Å². The van der Waals surface area contributed by atoms with E-state index in [-0.39, 0.29) is 17.4 Å². The van der Waals surface area contributed by atoms with E-state index in [0.29, 0.717) is 29.7 Å². The van der Waals surface area contributed by atoms with Crippen LogP contribution < -0.4 is 21.3 Å². The Bertz CT molecular complexity index is 1370. The van der Waals surface area contributed by atoms with Crippen molar-refractivity contribution in [3.8, 4) is 0 Å². The standard InChI is InChI=1S/C28H26N6O2/c1-3-25(35)31-22-10-7-11-23(16-22)32-26-24(27(36)29-17-20-14-12-19(2)13-15-20)18-30-28(34-26)33-21-8-5-4-6-9-21/h3-16,18H,1,17H2,2H3,(H,29,36)(H,31,35)(H2,30,32,33,34). The number of hydrogen-bond acceptors (Lipinski definition) is 6. The van der Waals surface area contributed by atoms with E-state index in [4.69, 9.17) is 0 Å². The maximum absolute atomic E-state index is 13.1. The van der Waals surface area contributed by atoms with E-state index in [1.165, 1.54) is 12.3 Å². The van der Waals surface area contributed by atoms with Gasteiger partial charge in [0.25, 0.3) is 5.91 Å². The number of aromatic nitrogens is 2. The Morgan fingerprint density at radius 2 is 1.61 bits per heavy atom. The van der Waals surface area contributed by atoms with Gasteiger partial charge in [0.2, 0.25) is 11.9 Å². The Morgan fingerprint density at radius 1 is 0.889 bits per heavy atom. The second-order valence-electron chi connectivity index (χ2n) is 8.01. The van der Waals surface area contributed by atoms with Crippen molar-refractivity contribution in [2.24, 2.45) is 0 Å². The molecule has 0 fully saturated rings. The smallest absolute Gasteiger partial charge is 0.256 e. The first-order chi connectivity index (χ1) is 17.5. The van der Waals surface area contributed by atoms with Crippen molar-refractivity contribution >= 4 is 40.6 Å². The number of aryl methyl sites for hydroxylation is 1. The van der Waals surface area contributed by atoms with Crippen molar-refractivity contribution in [3.05, 3.63) is 114 Å². The van der Waals surface area contributed by atoms with Crippen molar-refractivity contribution in [1.82, 2.24) is 15.3 Å². The second-order valence-corrected chi connectivity index (χ2v) is 8.01. The molecule has 0 aliphatic rings. The van der Waals surface area contributed by atoms with Gasteiger partial charge in [0.15, 0.2) is 0 Å². The van der Waals surface area contributed by atoms with E-state index < -0.39 is 0 Å².